The van der Waals surface area contributed by atoms with Crippen molar-refractivity contribution in [2.45, 2.75) is 0 Å². The Hall–Kier alpha value is -0.540. The zero-order chi connectivity index (χ0) is 22.9. The molecule has 0 spiro atoms. The molecule has 0 amide bonds. The van der Waals surface area contributed by atoms with Gasteiger partial charge in [-0.15, -0.1) is 0 Å². The molecule has 1 heterocycles. The normalized spacial score (nSPS) is 11.6. The summed E-state index contributed by atoms with van der Waals surface area (Å²) in [4.78, 5) is 103. The van der Waals surface area contributed by atoms with Crippen LogP contribution in [0.1, 0.15) is 0 Å². The van der Waals surface area contributed by atoms with Crippen molar-refractivity contribution < 1.29 is 77.0 Å². The molecule has 1 aliphatic heterocycles. The van der Waals surface area contributed by atoms with Gasteiger partial charge in [-0.25, -0.2) is 0 Å². The summed E-state index contributed by atoms with van der Waals surface area (Å²) in [7, 11) is -21.6. The first-order chi connectivity index (χ1) is 11.5. The van der Waals surface area contributed by atoms with E-state index in [-0.39, 0.29) is 22.3 Å². The minimum Gasteiger partial charge on any atom is -0.822 e. The van der Waals surface area contributed by atoms with Crippen molar-refractivity contribution in [2.75, 3.05) is 0 Å². The van der Waals surface area contributed by atoms with Gasteiger partial charge in [0, 0.05) is 12.4 Å². The molecule has 30 heavy (non-hydrogen) atoms. The van der Waals surface area contributed by atoms with Gasteiger partial charge in [-0.3, -0.25) is 0 Å². The van der Waals surface area contributed by atoms with E-state index < -0.39 is 31.3 Å². The average molecular weight is 509 g/mol. The maximum Gasteiger partial charge on any atom is 4.00 e. The Labute approximate surface area is 173 Å². The third-order valence-electron chi connectivity index (χ3n) is 0.718. The SMILES string of the molecule is C1=CC=CNC=C1.O=P([O-])([O-])[O-].O=P([O-])([O-])[O-].O=P([O-])([O-])[O-].O=P([O-])([O-])[O-].[C+4].[C+4].[C+4]. The molecular weight excluding hydrogens is 502 g/mol. The molecule has 0 aromatic carbocycles. The number of hydrogen-bond acceptors (Lipinski definition) is 17. The summed E-state index contributed by atoms with van der Waals surface area (Å²) in [6.07, 6.45) is 11.6. The summed E-state index contributed by atoms with van der Waals surface area (Å²) in [6.45, 7) is 0. The predicted octanol–water partition coefficient (Wildman–Crippen LogP) is -9.88. The van der Waals surface area contributed by atoms with Crippen LogP contribution in [-0.4, -0.2) is 0 Å². The molecule has 164 valence electrons. The molecular formula is C9H7NO16P4. The van der Waals surface area contributed by atoms with E-state index in [9.17, 15) is 0 Å². The van der Waals surface area contributed by atoms with Crippen LogP contribution in [0, 0.1) is 22.3 Å². The third kappa shape index (κ3) is 461. The topological polar surface area (TPSA) is 357 Å². The fourth-order valence-corrected chi connectivity index (χ4v) is 0.406. The first-order valence-electron chi connectivity index (χ1n) is 5.17. The van der Waals surface area contributed by atoms with Crippen LogP contribution in [0.15, 0.2) is 36.7 Å². The fraction of sp³-hybridized carbons (Fsp3) is 0. The quantitative estimate of drug-likeness (QED) is 0.296. The zero-order valence-electron chi connectivity index (χ0n) is 13.8. The molecule has 0 aliphatic carbocycles. The molecule has 0 fully saturated rings. The van der Waals surface area contributed by atoms with Crippen LogP contribution in [0.4, 0.5) is 0 Å². The second-order valence-corrected chi connectivity index (χ2v) is 6.64. The van der Waals surface area contributed by atoms with Crippen molar-refractivity contribution in [2.24, 2.45) is 0 Å². The molecule has 0 bridgehead atoms. The molecule has 0 atom stereocenters. The van der Waals surface area contributed by atoms with Gasteiger partial charge in [0.05, 0.1) is 0 Å². The van der Waals surface area contributed by atoms with Gasteiger partial charge >= 0.3 is 22.3 Å². The summed E-state index contributed by atoms with van der Waals surface area (Å²) in [5.41, 5.74) is 0. The largest absolute Gasteiger partial charge is 4.00 e. The van der Waals surface area contributed by atoms with E-state index in [1.165, 1.54) is 0 Å². The van der Waals surface area contributed by atoms with Crippen LogP contribution >= 0.6 is 31.3 Å². The smallest absolute Gasteiger partial charge is 0.822 e. The van der Waals surface area contributed by atoms with Crippen molar-refractivity contribution >= 4 is 31.3 Å². The van der Waals surface area contributed by atoms with Crippen molar-refractivity contribution in [1.29, 1.82) is 0 Å². The standard InChI is InChI=1S/C6H7N.3C.4H3O4P/c1-2-4-6-7-5-3-1;;;;4*1-5(2,3)4/h1-7H;;;;4*(H3,1,2,3,4)/q;3*+4;;;;/p-12. The summed E-state index contributed by atoms with van der Waals surface area (Å²) in [5.74, 6) is 0. The zero-order valence-corrected chi connectivity index (χ0v) is 17.4. The Morgan fingerprint density at radius 1 is 0.400 bits per heavy atom. The minimum absolute atomic E-state index is 0. The Kier molecular flexibility index (Phi) is 36.5. The molecule has 0 unspecified atom stereocenters. The molecule has 0 aromatic rings. The number of rotatable bonds is 0. The van der Waals surface area contributed by atoms with E-state index in [0.717, 1.165) is 0 Å². The van der Waals surface area contributed by atoms with Gasteiger partial charge in [0.1, 0.15) is 0 Å². The van der Waals surface area contributed by atoms with Crippen molar-refractivity contribution in [3.63, 3.8) is 0 Å². The summed E-state index contributed by atoms with van der Waals surface area (Å²) >= 11 is 0. The van der Waals surface area contributed by atoms with E-state index in [4.69, 9.17) is 77.0 Å². The first kappa shape index (κ1) is 47.3. The van der Waals surface area contributed by atoms with Crippen LogP contribution in [0.2, 0.25) is 0 Å². The Balaban J connectivity index is -0.0000000434. The van der Waals surface area contributed by atoms with Gasteiger partial charge in [-0.1, -0.05) is 12.2 Å². The second kappa shape index (κ2) is 23.1. The van der Waals surface area contributed by atoms with Gasteiger partial charge in [-0.05, 0) is 12.2 Å². The van der Waals surface area contributed by atoms with Gasteiger partial charge in [0.15, 0.2) is 0 Å². The summed E-state index contributed by atoms with van der Waals surface area (Å²) < 4.78 is 34.2. The van der Waals surface area contributed by atoms with Gasteiger partial charge in [0.2, 0.25) is 0 Å². The molecule has 0 saturated carbocycles. The average Bonchev–Trinajstić information content (AvgIpc) is 2.49. The van der Waals surface area contributed by atoms with Crippen LogP contribution in [0.25, 0.3) is 0 Å². The van der Waals surface area contributed by atoms with Gasteiger partial charge in [0.25, 0.3) is 0 Å². The molecule has 1 N–H and O–H groups in total. The van der Waals surface area contributed by atoms with Crippen LogP contribution in [0.3, 0.4) is 0 Å². The Morgan fingerprint density at radius 2 is 0.533 bits per heavy atom. The molecule has 0 aromatic heterocycles. The molecule has 1 rings (SSSR count). The van der Waals surface area contributed by atoms with Crippen LogP contribution in [-0.2, 0) is 18.3 Å². The number of nitrogens with one attached hydrogen (secondary N) is 1. The minimum atomic E-state index is -5.39. The van der Waals surface area contributed by atoms with E-state index in [0.29, 0.717) is 0 Å². The van der Waals surface area contributed by atoms with E-state index >= 15 is 0 Å². The molecule has 21 heteroatoms. The molecule has 17 nitrogen and oxygen atoms in total. The van der Waals surface area contributed by atoms with Crippen molar-refractivity contribution in [1.82, 2.24) is 5.32 Å². The van der Waals surface area contributed by atoms with Crippen LogP contribution in [0.5, 0.6) is 0 Å². The van der Waals surface area contributed by atoms with E-state index in [2.05, 4.69) is 5.32 Å². The Bertz CT molecular complexity index is 510. The van der Waals surface area contributed by atoms with Gasteiger partial charge < -0.3 is 82.3 Å². The van der Waals surface area contributed by atoms with E-state index in [1.807, 2.05) is 36.7 Å². The number of phosphoric acid groups is 4. The first-order valence-corrected chi connectivity index (χ1v) is 11.0. The van der Waals surface area contributed by atoms with Crippen LogP contribution < -0.4 is 64.0 Å². The summed E-state index contributed by atoms with van der Waals surface area (Å²) in [5, 5.41) is 2.92. The van der Waals surface area contributed by atoms with Crippen molar-refractivity contribution in [3.8, 4) is 0 Å². The number of allylic oxidation sites excluding steroid dienone is 4. The second-order valence-electron chi connectivity index (χ2n) is 3.06. The molecule has 0 saturated heterocycles. The predicted molar refractivity (Wildman–Crippen MR) is 70.7 cm³/mol. The third-order valence-corrected chi connectivity index (χ3v) is 0.718. The maximum atomic E-state index is 8.55. The Morgan fingerprint density at radius 3 is 0.667 bits per heavy atom. The molecule has 0 radical (unpaired) electrons. The van der Waals surface area contributed by atoms with Gasteiger partial charge in [-0.2, -0.15) is 31.3 Å². The monoisotopic (exact) mass is 509 g/mol. The molecule has 1 aliphatic rings. The summed E-state index contributed by atoms with van der Waals surface area (Å²) in [6, 6.07) is 0. The van der Waals surface area contributed by atoms with E-state index in [1.54, 1.807) is 0 Å². The van der Waals surface area contributed by atoms with Crippen molar-refractivity contribution in [3.05, 3.63) is 59.0 Å². The maximum absolute atomic E-state index is 8.55. The fourth-order valence-electron chi connectivity index (χ4n) is 0.406. The number of hydrogen-bond donors (Lipinski definition) is 1.